The molecule has 17 heavy (non-hydrogen) atoms. The highest BCUT2D eigenvalue weighted by molar-refractivity contribution is 5.28. The van der Waals surface area contributed by atoms with E-state index < -0.39 is 0 Å². The standard InChI is InChI=1S/C12H15N3O2/c1-8(13)10-3-5-11(6-4-10)16-7-12-9(2)14-17-15-12/h3-6,8H,7,13H2,1-2H3. The molecule has 1 heterocycles. The molecule has 1 atom stereocenters. The predicted octanol–water partition coefficient (Wildman–Crippen LogP) is 1.98. The second-order valence-corrected chi connectivity index (χ2v) is 3.94. The third-order valence-electron chi connectivity index (χ3n) is 2.53. The topological polar surface area (TPSA) is 74.2 Å². The van der Waals surface area contributed by atoms with Gasteiger partial charge in [-0.15, -0.1) is 0 Å². The minimum atomic E-state index is 0.0334. The highest BCUT2D eigenvalue weighted by Gasteiger charge is 2.06. The Balaban J connectivity index is 1.98. The molecule has 2 rings (SSSR count). The van der Waals surface area contributed by atoms with E-state index in [1.807, 2.05) is 38.1 Å². The van der Waals surface area contributed by atoms with Crippen LogP contribution in [-0.2, 0) is 6.61 Å². The fourth-order valence-electron chi connectivity index (χ4n) is 1.40. The molecule has 0 amide bonds. The quantitative estimate of drug-likeness (QED) is 0.873. The van der Waals surface area contributed by atoms with Gasteiger partial charge in [0.15, 0.2) is 0 Å². The Morgan fingerprint density at radius 2 is 2.00 bits per heavy atom. The third kappa shape index (κ3) is 2.82. The van der Waals surface area contributed by atoms with Crippen molar-refractivity contribution in [2.45, 2.75) is 26.5 Å². The SMILES string of the molecule is Cc1nonc1COc1ccc(C(C)N)cc1. The van der Waals surface area contributed by atoms with Crippen LogP contribution >= 0.6 is 0 Å². The van der Waals surface area contributed by atoms with Crippen LogP contribution in [0.1, 0.15) is 29.9 Å². The van der Waals surface area contributed by atoms with E-state index in [1.165, 1.54) is 0 Å². The van der Waals surface area contributed by atoms with Crippen LogP contribution in [0.15, 0.2) is 28.9 Å². The second kappa shape index (κ2) is 4.97. The van der Waals surface area contributed by atoms with Crippen molar-refractivity contribution < 1.29 is 9.37 Å². The van der Waals surface area contributed by atoms with E-state index in [9.17, 15) is 0 Å². The molecule has 90 valence electrons. The number of aromatic nitrogens is 2. The van der Waals surface area contributed by atoms with Crippen LogP contribution in [0.25, 0.3) is 0 Å². The number of ether oxygens (including phenoxy) is 1. The largest absolute Gasteiger partial charge is 0.487 e. The maximum atomic E-state index is 5.76. The van der Waals surface area contributed by atoms with Gasteiger partial charge in [-0.2, -0.15) is 0 Å². The Labute approximate surface area is 99.5 Å². The van der Waals surface area contributed by atoms with E-state index in [4.69, 9.17) is 10.5 Å². The Morgan fingerprint density at radius 1 is 1.29 bits per heavy atom. The van der Waals surface area contributed by atoms with Crippen LogP contribution in [-0.4, -0.2) is 10.3 Å². The molecule has 0 saturated carbocycles. The smallest absolute Gasteiger partial charge is 0.145 e. The van der Waals surface area contributed by atoms with Crippen LogP contribution in [0.5, 0.6) is 5.75 Å². The molecule has 1 aromatic heterocycles. The van der Waals surface area contributed by atoms with Gasteiger partial charge in [0.05, 0.1) is 0 Å². The summed E-state index contributed by atoms with van der Waals surface area (Å²) in [5.41, 5.74) is 8.30. The van der Waals surface area contributed by atoms with E-state index >= 15 is 0 Å². The number of nitrogens with two attached hydrogens (primary N) is 1. The van der Waals surface area contributed by atoms with Gasteiger partial charge in [0.2, 0.25) is 0 Å². The lowest BCUT2D eigenvalue weighted by molar-refractivity contribution is 0.270. The second-order valence-electron chi connectivity index (χ2n) is 3.94. The van der Waals surface area contributed by atoms with Crippen LogP contribution in [0, 0.1) is 6.92 Å². The lowest BCUT2D eigenvalue weighted by atomic mass is 10.1. The van der Waals surface area contributed by atoms with Gasteiger partial charge < -0.3 is 10.5 Å². The van der Waals surface area contributed by atoms with Gasteiger partial charge in [0.1, 0.15) is 23.7 Å². The fourth-order valence-corrected chi connectivity index (χ4v) is 1.40. The lowest BCUT2D eigenvalue weighted by Gasteiger charge is -2.07. The normalized spacial score (nSPS) is 12.4. The summed E-state index contributed by atoms with van der Waals surface area (Å²) in [4.78, 5) is 0. The minimum Gasteiger partial charge on any atom is -0.487 e. The summed E-state index contributed by atoms with van der Waals surface area (Å²) in [6.07, 6.45) is 0. The molecule has 0 saturated heterocycles. The van der Waals surface area contributed by atoms with Gasteiger partial charge in [-0.25, -0.2) is 4.63 Å². The molecule has 0 aliphatic carbocycles. The maximum absolute atomic E-state index is 5.76. The van der Waals surface area contributed by atoms with E-state index in [-0.39, 0.29) is 6.04 Å². The molecular weight excluding hydrogens is 218 g/mol. The van der Waals surface area contributed by atoms with Crippen molar-refractivity contribution in [3.8, 4) is 5.75 Å². The van der Waals surface area contributed by atoms with E-state index in [0.717, 1.165) is 17.0 Å². The molecule has 5 nitrogen and oxygen atoms in total. The molecular formula is C12H15N3O2. The van der Waals surface area contributed by atoms with Gasteiger partial charge in [0.25, 0.3) is 0 Å². The monoisotopic (exact) mass is 233 g/mol. The number of rotatable bonds is 4. The van der Waals surface area contributed by atoms with Gasteiger partial charge in [0, 0.05) is 6.04 Å². The number of hydrogen-bond acceptors (Lipinski definition) is 5. The molecule has 0 bridgehead atoms. The average molecular weight is 233 g/mol. The van der Waals surface area contributed by atoms with Crippen molar-refractivity contribution >= 4 is 0 Å². The molecule has 2 N–H and O–H groups in total. The molecule has 0 spiro atoms. The summed E-state index contributed by atoms with van der Waals surface area (Å²) in [6, 6.07) is 7.72. The number of benzene rings is 1. The van der Waals surface area contributed by atoms with Gasteiger partial charge >= 0.3 is 0 Å². The van der Waals surface area contributed by atoms with Crippen molar-refractivity contribution in [1.82, 2.24) is 10.3 Å². The van der Waals surface area contributed by atoms with Gasteiger partial charge in [-0.05, 0) is 31.5 Å². The van der Waals surface area contributed by atoms with Crippen molar-refractivity contribution in [2.75, 3.05) is 0 Å². The summed E-state index contributed by atoms with van der Waals surface area (Å²) in [5.74, 6) is 0.775. The first kappa shape index (κ1) is 11.6. The van der Waals surface area contributed by atoms with Crippen LogP contribution in [0.3, 0.4) is 0 Å². The molecule has 0 fully saturated rings. The number of aryl methyl sites for hydroxylation is 1. The van der Waals surface area contributed by atoms with E-state index in [1.54, 1.807) is 0 Å². The number of nitrogens with zero attached hydrogens (tertiary/aromatic N) is 2. The van der Waals surface area contributed by atoms with Crippen LogP contribution in [0.4, 0.5) is 0 Å². The summed E-state index contributed by atoms with van der Waals surface area (Å²) in [6.45, 7) is 4.13. The molecule has 1 unspecified atom stereocenters. The first-order valence-electron chi connectivity index (χ1n) is 5.43. The molecule has 0 aliphatic rings. The Bertz CT molecular complexity index is 477. The molecule has 1 aromatic carbocycles. The Kier molecular flexibility index (Phi) is 3.39. The first-order chi connectivity index (χ1) is 8.16. The summed E-state index contributed by atoms with van der Waals surface area (Å²) in [7, 11) is 0. The molecule has 0 aliphatic heterocycles. The van der Waals surface area contributed by atoms with E-state index in [2.05, 4.69) is 14.9 Å². The van der Waals surface area contributed by atoms with Crippen molar-refractivity contribution in [1.29, 1.82) is 0 Å². The third-order valence-corrected chi connectivity index (χ3v) is 2.53. The zero-order valence-electron chi connectivity index (χ0n) is 9.88. The lowest BCUT2D eigenvalue weighted by Crippen LogP contribution is -2.04. The Morgan fingerprint density at radius 3 is 2.53 bits per heavy atom. The summed E-state index contributed by atoms with van der Waals surface area (Å²) < 4.78 is 10.2. The summed E-state index contributed by atoms with van der Waals surface area (Å²) >= 11 is 0. The van der Waals surface area contributed by atoms with Crippen LogP contribution in [0.2, 0.25) is 0 Å². The van der Waals surface area contributed by atoms with Crippen molar-refractivity contribution in [3.63, 3.8) is 0 Å². The van der Waals surface area contributed by atoms with Gasteiger partial charge in [-0.3, -0.25) is 0 Å². The molecule has 0 radical (unpaired) electrons. The zero-order valence-corrected chi connectivity index (χ0v) is 9.88. The van der Waals surface area contributed by atoms with Gasteiger partial charge in [-0.1, -0.05) is 22.4 Å². The summed E-state index contributed by atoms with van der Waals surface area (Å²) in [5, 5.41) is 7.43. The zero-order chi connectivity index (χ0) is 12.3. The van der Waals surface area contributed by atoms with Crippen LogP contribution < -0.4 is 10.5 Å². The van der Waals surface area contributed by atoms with Crippen molar-refractivity contribution in [3.05, 3.63) is 41.2 Å². The minimum absolute atomic E-state index is 0.0334. The molecule has 2 aromatic rings. The Hall–Kier alpha value is -1.88. The molecule has 5 heteroatoms. The highest BCUT2D eigenvalue weighted by Crippen LogP contribution is 2.17. The fraction of sp³-hybridized carbons (Fsp3) is 0.333. The first-order valence-corrected chi connectivity index (χ1v) is 5.43. The van der Waals surface area contributed by atoms with E-state index in [0.29, 0.717) is 12.3 Å². The highest BCUT2D eigenvalue weighted by atomic mass is 16.6. The maximum Gasteiger partial charge on any atom is 0.145 e. The van der Waals surface area contributed by atoms with Crippen molar-refractivity contribution in [2.24, 2.45) is 5.73 Å². The predicted molar refractivity (Wildman–Crippen MR) is 62.4 cm³/mol. The number of hydrogen-bond donors (Lipinski definition) is 1. The average Bonchev–Trinajstić information content (AvgIpc) is 2.73.